The predicted molar refractivity (Wildman–Crippen MR) is 70.9 cm³/mol. The van der Waals surface area contributed by atoms with E-state index in [-0.39, 0.29) is 0 Å². The van der Waals surface area contributed by atoms with Gasteiger partial charge in [-0.25, -0.2) is 13.2 Å². The third-order valence-electron chi connectivity index (χ3n) is 2.58. The number of alkyl halides is 1. The largest absolute Gasteiger partial charge is 0.352 e. The summed E-state index contributed by atoms with van der Waals surface area (Å²) in [7, 11) is 0. The third-order valence-corrected chi connectivity index (χ3v) is 3.14. The van der Waals surface area contributed by atoms with Crippen LogP contribution in [-0.2, 0) is 0 Å². The Bertz CT molecular complexity index is 417. The lowest BCUT2D eigenvalue weighted by atomic mass is 10.1. The Morgan fingerprint density at radius 3 is 2.21 bits per heavy atom. The average molecular weight is 338 g/mol. The van der Waals surface area contributed by atoms with Crippen LogP contribution in [0.25, 0.3) is 0 Å². The van der Waals surface area contributed by atoms with Gasteiger partial charge in [0.1, 0.15) is 23.0 Å². The first-order valence-corrected chi connectivity index (χ1v) is 7.17. The number of benzene rings is 1. The highest BCUT2D eigenvalue weighted by molar-refractivity contribution is 9.09. The molecule has 1 aromatic carbocycles. The molecule has 0 unspecified atom stereocenters. The van der Waals surface area contributed by atoms with Gasteiger partial charge in [-0.1, -0.05) is 28.8 Å². The molecule has 0 aliphatic carbocycles. The second-order valence-electron chi connectivity index (χ2n) is 4.10. The van der Waals surface area contributed by atoms with E-state index in [4.69, 9.17) is 0 Å². The molecule has 0 saturated heterocycles. The van der Waals surface area contributed by atoms with Crippen molar-refractivity contribution in [1.82, 2.24) is 5.32 Å². The summed E-state index contributed by atoms with van der Waals surface area (Å²) in [6, 6.07) is 0.988. The highest BCUT2D eigenvalue weighted by atomic mass is 79.9. The van der Waals surface area contributed by atoms with Gasteiger partial charge in [0.15, 0.2) is 0 Å². The van der Waals surface area contributed by atoms with Crippen molar-refractivity contribution in [3.8, 4) is 0 Å². The van der Waals surface area contributed by atoms with E-state index >= 15 is 0 Å². The Balaban J connectivity index is 2.46. The minimum Gasteiger partial charge on any atom is -0.352 e. The van der Waals surface area contributed by atoms with Crippen LogP contribution in [0, 0.1) is 17.5 Å². The molecule has 0 saturated carbocycles. The van der Waals surface area contributed by atoms with E-state index in [1.54, 1.807) is 0 Å². The quantitative estimate of drug-likeness (QED) is 0.595. The Morgan fingerprint density at radius 1 is 1.05 bits per heavy atom. The van der Waals surface area contributed by atoms with Gasteiger partial charge in [0, 0.05) is 24.0 Å². The van der Waals surface area contributed by atoms with E-state index in [9.17, 15) is 18.0 Å². The van der Waals surface area contributed by atoms with Crippen molar-refractivity contribution < 1.29 is 18.0 Å². The highest BCUT2D eigenvalue weighted by Crippen LogP contribution is 2.14. The summed E-state index contributed by atoms with van der Waals surface area (Å²) in [5.41, 5.74) is -0.734. The summed E-state index contributed by atoms with van der Waals surface area (Å²) in [4.78, 5) is 11.6. The molecular weight excluding hydrogens is 323 g/mol. The summed E-state index contributed by atoms with van der Waals surface area (Å²) >= 11 is 3.31. The molecular formula is C13H15BrF3NO. The molecule has 0 atom stereocenters. The molecule has 0 aliphatic rings. The molecule has 0 aromatic heterocycles. The smallest absolute Gasteiger partial charge is 0.257 e. The van der Waals surface area contributed by atoms with Crippen molar-refractivity contribution in [2.24, 2.45) is 0 Å². The first-order chi connectivity index (χ1) is 9.06. The monoisotopic (exact) mass is 337 g/mol. The maximum atomic E-state index is 13.3. The Kier molecular flexibility index (Phi) is 6.91. The molecule has 1 amide bonds. The molecule has 0 radical (unpaired) electrons. The van der Waals surface area contributed by atoms with Crippen molar-refractivity contribution in [3.63, 3.8) is 0 Å². The van der Waals surface area contributed by atoms with Gasteiger partial charge in [-0.2, -0.15) is 0 Å². The number of hydrogen-bond acceptors (Lipinski definition) is 1. The lowest BCUT2D eigenvalue weighted by Crippen LogP contribution is -2.26. The Labute approximate surface area is 118 Å². The maximum absolute atomic E-state index is 13.3. The van der Waals surface area contributed by atoms with Crippen LogP contribution in [0.15, 0.2) is 12.1 Å². The van der Waals surface area contributed by atoms with E-state index < -0.39 is 28.9 Å². The molecule has 0 bridgehead atoms. The van der Waals surface area contributed by atoms with Gasteiger partial charge in [0.2, 0.25) is 0 Å². The molecule has 1 N–H and O–H groups in total. The summed E-state index contributed by atoms with van der Waals surface area (Å²) in [5, 5.41) is 3.36. The van der Waals surface area contributed by atoms with E-state index in [0.717, 1.165) is 31.0 Å². The van der Waals surface area contributed by atoms with Gasteiger partial charge in [-0.3, -0.25) is 4.79 Å². The van der Waals surface area contributed by atoms with Gasteiger partial charge in [-0.05, 0) is 12.8 Å². The number of hydrogen-bond donors (Lipinski definition) is 1. The first kappa shape index (κ1) is 16.0. The average Bonchev–Trinajstić information content (AvgIpc) is 2.32. The lowest BCUT2D eigenvalue weighted by Gasteiger charge is -2.07. The van der Waals surface area contributed by atoms with E-state index in [0.29, 0.717) is 18.7 Å². The second kappa shape index (κ2) is 8.19. The van der Waals surface area contributed by atoms with Crippen molar-refractivity contribution in [3.05, 3.63) is 35.1 Å². The number of nitrogens with one attached hydrogen (secondary N) is 1. The van der Waals surface area contributed by atoms with E-state index in [2.05, 4.69) is 21.2 Å². The van der Waals surface area contributed by atoms with Gasteiger partial charge < -0.3 is 5.32 Å². The number of amides is 1. The van der Waals surface area contributed by atoms with Gasteiger partial charge in [0.05, 0.1) is 0 Å². The lowest BCUT2D eigenvalue weighted by molar-refractivity contribution is 0.0944. The highest BCUT2D eigenvalue weighted by Gasteiger charge is 2.18. The van der Waals surface area contributed by atoms with Crippen molar-refractivity contribution in [2.75, 3.05) is 11.9 Å². The predicted octanol–water partition coefficient (Wildman–Crippen LogP) is 3.79. The molecule has 0 spiro atoms. The van der Waals surface area contributed by atoms with Crippen molar-refractivity contribution >= 4 is 21.8 Å². The van der Waals surface area contributed by atoms with Crippen LogP contribution in [0.5, 0.6) is 0 Å². The molecule has 0 heterocycles. The van der Waals surface area contributed by atoms with Crippen LogP contribution in [-0.4, -0.2) is 17.8 Å². The summed E-state index contributed by atoms with van der Waals surface area (Å²) < 4.78 is 39.3. The number of rotatable bonds is 7. The minimum absolute atomic E-state index is 0.345. The maximum Gasteiger partial charge on any atom is 0.257 e. The molecule has 1 rings (SSSR count). The summed E-state index contributed by atoms with van der Waals surface area (Å²) in [6.07, 6.45) is 3.75. The van der Waals surface area contributed by atoms with Crippen LogP contribution in [0.1, 0.15) is 36.0 Å². The van der Waals surface area contributed by atoms with Crippen LogP contribution in [0.3, 0.4) is 0 Å². The zero-order valence-corrected chi connectivity index (χ0v) is 11.9. The van der Waals surface area contributed by atoms with E-state index in [1.807, 2.05) is 0 Å². The van der Waals surface area contributed by atoms with Gasteiger partial charge in [0.25, 0.3) is 5.91 Å². The minimum atomic E-state index is -1.19. The van der Waals surface area contributed by atoms with Gasteiger partial charge in [-0.15, -0.1) is 0 Å². The molecule has 0 fully saturated rings. The number of carbonyl (C=O) groups excluding carboxylic acids is 1. The fourth-order valence-electron chi connectivity index (χ4n) is 1.62. The Hall–Kier alpha value is -1.04. The molecule has 1 aromatic rings. The van der Waals surface area contributed by atoms with Crippen LogP contribution >= 0.6 is 15.9 Å². The van der Waals surface area contributed by atoms with E-state index in [1.165, 1.54) is 0 Å². The molecule has 106 valence electrons. The van der Waals surface area contributed by atoms with Gasteiger partial charge >= 0.3 is 0 Å². The number of carbonyl (C=O) groups is 1. The van der Waals surface area contributed by atoms with Crippen molar-refractivity contribution in [2.45, 2.75) is 25.7 Å². The third kappa shape index (κ3) is 5.22. The second-order valence-corrected chi connectivity index (χ2v) is 4.90. The molecule has 6 heteroatoms. The normalized spacial score (nSPS) is 10.5. The van der Waals surface area contributed by atoms with Crippen LogP contribution in [0.2, 0.25) is 0 Å². The number of halogens is 4. The zero-order chi connectivity index (χ0) is 14.3. The van der Waals surface area contributed by atoms with Crippen molar-refractivity contribution in [1.29, 1.82) is 0 Å². The molecule has 2 nitrogen and oxygen atoms in total. The molecule has 19 heavy (non-hydrogen) atoms. The van der Waals surface area contributed by atoms with Crippen LogP contribution < -0.4 is 5.32 Å². The number of unbranched alkanes of at least 4 members (excludes halogenated alkanes) is 3. The SMILES string of the molecule is O=C(NCCCCCCBr)c1c(F)cc(F)cc1F. The van der Waals surface area contributed by atoms with Crippen LogP contribution in [0.4, 0.5) is 13.2 Å². The molecule has 0 aliphatic heterocycles. The zero-order valence-electron chi connectivity index (χ0n) is 10.3. The first-order valence-electron chi connectivity index (χ1n) is 6.05. The Morgan fingerprint density at radius 2 is 1.63 bits per heavy atom. The summed E-state index contributed by atoms with van der Waals surface area (Å²) in [5.74, 6) is -4.26. The standard InChI is InChI=1S/C13H15BrF3NO/c14-5-3-1-2-4-6-18-13(19)12-10(16)7-9(15)8-11(12)17/h7-8H,1-6H2,(H,18,19). The summed E-state index contributed by atoms with van der Waals surface area (Å²) in [6.45, 7) is 0.345. The fraction of sp³-hybridized carbons (Fsp3) is 0.462. The topological polar surface area (TPSA) is 29.1 Å². The fourth-order valence-corrected chi connectivity index (χ4v) is 2.02.